The number of ether oxygens (including phenoxy) is 1. The molecule has 0 aliphatic carbocycles. The van der Waals surface area contributed by atoms with E-state index in [1.807, 2.05) is 0 Å². The number of halogens is 2. The number of benzene rings is 1. The Morgan fingerprint density at radius 3 is 2.53 bits per heavy atom. The van der Waals surface area contributed by atoms with E-state index in [0.29, 0.717) is 27.4 Å². The molecule has 4 nitrogen and oxygen atoms in total. The fourth-order valence-electron chi connectivity index (χ4n) is 1.24. The zero-order chi connectivity index (χ0) is 12.3. The molecule has 1 heterocycles. The molecule has 0 bridgehead atoms. The van der Waals surface area contributed by atoms with Crippen LogP contribution in [0.4, 0.5) is 5.82 Å². The van der Waals surface area contributed by atoms with Crippen LogP contribution >= 0.6 is 23.2 Å². The molecule has 1 aromatic carbocycles. The summed E-state index contributed by atoms with van der Waals surface area (Å²) in [4.78, 5) is 8.01. The molecule has 2 aromatic rings. The molecule has 0 saturated heterocycles. The zero-order valence-corrected chi connectivity index (χ0v) is 10.2. The second-order valence-electron chi connectivity index (χ2n) is 3.24. The maximum absolute atomic E-state index is 5.95. The Morgan fingerprint density at radius 1 is 1.18 bits per heavy atom. The van der Waals surface area contributed by atoms with Crippen LogP contribution in [0.25, 0.3) is 0 Å². The minimum absolute atomic E-state index is 0.161. The van der Waals surface area contributed by atoms with Crippen LogP contribution in [0.1, 0.15) is 5.82 Å². The number of anilines is 1. The van der Waals surface area contributed by atoms with Crippen molar-refractivity contribution in [3.05, 3.63) is 46.3 Å². The van der Waals surface area contributed by atoms with E-state index in [-0.39, 0.29) is 6.61 Å². The number of nitrogens with zero attached hydrogens (tertiary/aromatic N) is 2. The highest BCUT2D eigenvalue weighted by Crippen LogP contribution is 2.32. The van der Waals surface area contributed by atoms with Crippen LogP contribution in [-0.4, -0.2) is 9.97 Å². The summed E-state index contributed by atoms with van der Waals surface area (Å²) >= 11 is 11.9. The smallest absolute Gasteiger partial charge is 0.168 e. The topological polar surface area (TPSA) is 61.0 Å². The van der Waals surface area contributed by atoms with Gasteiger partial charge in [-0.15, -0.1) is 0 Å². The highest BCUT2D eigenvalue weighted by Gasteiger charge is 2.07. The molecule has 1 aromatic heterocycles. The molecular weight excluding hydrogens is 261 g/mol. The molecule has 2 N–H and O–H groups in total. The SMILES string of the molecule is Nc1ccnc(COc2c(Cl)cccc2Cl)n1. The maximum Gasteiger partial charge on any atom is 0.168 e. The van der Waals surface area contributed by atoms with Crippen molar-refractivity contribution in [2.45, 2.75) is 6.61 Å². The highest BCUT2D eigenvalue weighted by atomic mass is 35.5. The van der Waals surface area contributed by atoms with Crippen molar-refractivity contribution in [3.8, 4) is 5.75 Å². The van der Waals surface area contributed by atoms with E-state index in [4.69, 9.17) is 33.7 Å². The molecule has 17 heavy (non-hydrogen) atoms. The fraction of sp³-hybridized carbons (Fsp3) is 0.0909. The lowest BCUT2D eigenvalue weighted by molar-refractivity contribution is 0.296. The number of nitrogen functional groups attached to an aromatic ring is 1. The first-order valence-corrected chi connectivity index (χ1v) is 5.56. The van der Waals surface area contributed by atoms with Crippen molar-refractivity contribution >= 4 is 29.0 Å². The van der Waals surface area contributed by atoms with Crippen molar-refractivity contribution in [1.29, 1.82) is 0 Å². The summed E-state index contributed by atoms with van der Waals surface area (Å²) in [5.74, 6) is 1.28. The predicted molar refractivity (Wildman–Crippen MR) is 67.2 cm³/mol. The predicted octanol–water partition coefficient (Wildman–Crippen LogP) is 2.94. The Bertz CT molecular complexity index is 514. The van der Waals surface area contributed by atoms with E-state index in [1.165, 1.54) is 0 Å². The molecule has 0 radical (unpaired) electrons. The lowest BCUT2D eigenvalue weighted by Gasteiger charge is -2.08. The van der Waals surface area contributed by atoms with Gasteiger partial charge in [-0.3, -0.25) is 0 Å². The molecule has 0 spiro atoms. The number of nitrogens with two attached hydrogens (primary N) is 1. The van der Waals surface area contributed by atoms with E-state index in [1.54, 1.807) is 30.5 Å². The minimum atomic E-state index is 0.161. The van der Waals surface area contributed by atoms with Crippen molar-refractivity contribution in [1.82, 2.24) is 9.97 Å². The molecule has 0 amide bonds. The van der Waals surface area contributed by atoms with E-state index in [2.05, 4.69) is 9.97 Å². The van der Waals surface area contributed by atoms with Crippen LogP contribution in [0.15, 0.2) is 30.5 Å². The molecule has 88 valence electrons. The zero-order valence-electron chi connectivity index (χ0n) is 8.73. The summed E-state index contributed by atoms with van der Waals surface area (Å²) in [5.41, 5.74) is 5.53. The summed E-state index contributed by atoms with van der Waals surface area (Å²) in [6.07, 6.45) is 1.56. The number of rotatable bonds is 3. The molecule has 0 unspecified atom stereocenters. The Morgan fingerprint density at radius 2 is 1.88 bits per heavy atom. The molecule has 0 aliphatic heterocycles. The third-order valence-corrected chi connectivity index (χ3v) is 2.59. The molecule has 6 heteroatoms. The number of hydrogen-bond acceptors (Lipinski definition) is 4. The number of aromatic nitrogens is 2. The summed E-state index contributed by atoms with van der Waals surface area (Å²) in [5, 5.41) is 0.891. The van der Waals surface area contributed by atoms with Gasteiger partial charge in [0.15, 0.2) is 11.6 Å². The third-order valence-electron chi connectivity index (χ3n) is 1.99. The van der Waals surface area contributed by atoms with Gasteiger partial charge in [-0.05, 0) is 18.2 Å². The standard InChI is InChI=1S/C11H9Cl2N3O/c12-7-2-1-3-8(13)11(7)17-6-10-15-5-4-9(14)16-10/h1-5H,6H2,(H2,14,15,16). The largest absolute Gasteiger partial charge is 0.482 e. The summed E-state index contributed by atoms with van der Waals surface area (Å²) < 4.78 is 5.46. The van der Waals surface area contributed by atoms with Crippen LogP contribution < -0.4 is 10.5 Å². The van der Waals surface area contributed by atoms with Crippen LogP contribution in [0.5, 0.6) is 5.75 Å². The molecule has 0 aliphatic rings. The Balaban J connectivity index is 2.13. The van der Waals surface area contributed by atoms with Crippen molar-refractivity contribution in [3.63, 3.8) is 0 Å². The quantitative estimate of drug-likeness (QED) is 0.931. The average Bonchev–Trinajstić information content (AvgIpc) is 2.28. The van der Waals surface area contributed by atoms with E-state index >= 15 is 0 Å². The number of para-hydroxylation sites is 1. The lowest BCUT2D eigenvalue weighted by Crippen LogP contribution is -2.03. The number of hydrogen-bond donors (Lipinski definition) is 1. The summed E-state index contributed by atoms with van der Waals surface area (Å²) in [7, 11) is 0. The van der Waals surface area contributed by atoms with Gasteiger partial charge in [0, 0.05) is 6.20 Å². The maximum atomic E-state index is 5.95. The van der Waals surface area contributed by atoms with Crippen LogP contribution in [0.2, 0.25) is 10.0 Å². The van der Waals surface area contributed by atoms with Gasteiger partial charge in [0.2, 0.25) is 0 Å². The summed E-state index contributed by atoms with van der Waals surface area (Å²) in [6.45, 7) is 0.161. The van der Waals surface area contributed by atoms with E-state index in [0.717, 1.165) is 0 Å². The Kier molecular flexibility index (Phi) is 3.66. The van der Waals surface area contributed by atoms with Crippen LogP contribution in [0, 0.1) is 0 Å². The van der Waals surface area contributed by atoms with Gasteiger partial charge < -0.3 is 10.5 Å². The van der Waals surface area contributed by atoms with Gasteiger partial charge in [-0.2, -0.15) is 0 Å². The lowest BCUT2D eigenvalue weighted by atomic mass is 10.3. The van der Waals surface area contributed by atoms with Gasteiger partial charge in [-0.1, -0.05) is 29.3 Å². The van der Waals surface area contributed by atoms with E-state index in [9.17, 15) is 0 Å². The molecule has 2 rings (SSSR count). The van der Waals surface area contributed by atoms with Crippen LogP contribution in [-0.2, 0) is 6.61 Å². The first-order valence-electron chi connectivity index (χ1n) is 4.81. The third kappa shape index (κ3) is 2.99. The first-order chi connectivity index (χ1) is 8.16. The molecule has 0 atom stereocenters. The molecular formula is C11H9Cl2N3O. The highest BCUT2D eigenvalue weighted by molar-refractivity contribution is 6.37. The first kappa shape index (κ1) is 12.0. The average molecular weight is 270 g/mol. The van der Waals surface area contributed by atoms with Crippen molar-refractivity contribution in [2.24, 2.45) is 0 Å². The normalized spacial score (nSPS) is 10.2. The van der Waals surface area contributed by atoms with Crippen molar-refractivity contribution < 1.29 is 4.74 Å². The summed E-state index contributed by atoms with van der Waals surface area (Å²) in [6, 6.07) is 6.74. The van der Waals surface area contributed by atoms with Crippen LogP contribution in [0.3, 0.4) is 0 Å². The second kappa shape index (κ2) is 5.21. The fourth-order valence-corrected chi connectivity index (χ4v) is 1.75. The minimum Gasteiger partial charge on any atom is -0.482 e. The van der Waals surface area contributed by atoms with Crippen molar-refractivity contribution in [2.75, 3.05) is 5.73 Å². The Hall–Kier alpha value is -1.52. The Labute approximate surface area is 108 Å². The molecule has 0 saturated carbocycles. The van der Waals surface area contributed by atoms with Gasteiger partial charge >= 0.3 is 0 Å². The van der Waals surface area contributed by atoms with Gasteiger partial charge in [0.05, 0.1) is 10.0 Å². The molecule has 0 fully saturated rings. The van der Waals surface area contributed by atoms with Gasteiger partial charge in [0.25, 0.3) is 0 Å². The van der Waals surface area contributed by atoms with Gasteiger partial charge in [-0.25, -0.2) is 9.97 Å². The van der Waals surface area contributed by atoms with Gasteiger partial charge in [0.1, 0.15) is 12.4 Å². The monoisotopic (exact) mass is 269 g/mol. The second-order valence-corrected chi connectivity index (χ2v) is 4.05. The van der Waals surface area contributed by atoms with E-state index < -0.39 is 0 Å².